The van der Waals surface area contributed by atoms with Crippen LogP contribution in [-0.4, -0.2) is 20.0 Å². The molecule has 0 spiro atoms. The van der Waals surface area contributed by atoms with Crippen molar-refractivity contribution >= 4 is 29.5 Å². The molecule has 0 radical (unpaired) electrons. The smallest absolute Gasteiger partial charge is 0.130 e. The molecule has 0 heterocycles. The molecule has 0 N–H and O–H groups in total. The Bertz CT molecular complexity index is 447. The summed E-state index contributed by atoms with van der Waals surface area (Å²) in [6, 6.07) is 5.47. The number of ether oxygens (including phenoxy) is 1. The van der Waals surface area contributed by atoms with Gasteiger partial charge in [-0.2, -0.15) is 0 Å². The van der Waals surface area contributed by atoms with Gasteiger partial charge >= 0.3 is 0 Å². The lowest BCUT2D eigenvalue weighted by atomic mass is 9.74. The standard InChI is InChI=1S/C14H16Cl2O2/c1-18-8-11-3-2-6-14(11,9-17)10-4-5-12(15)13(16)7-10/h4-5,7,9,11H,2-3,6,8H2,1H3/t11-,14?/m0/s1. The molecule has 1 saturated carbocycles. The predicted molar refractivity (Wildman–Crippen MR) is 73.4 cm³/mol. The molecule has 1 aromatic carbocycles. The van der Waals surface area contributed by atoms with E-state index in [1.54, 1.807) is 13.2 Å². The Morgan fingerprint density at radius 2 is 2.22 bits per heavy atom. The van der Waals surface area contributed by atoms with Crippen LogP contribution in [0.1, 0.15) is 24.8 Å². The third kappa shape index (κ3) is 2.29. The van der Waals surface area contributed by atoms with Crippen LogP contribution in [0.4, 0.5) is 0 Å². The summed E-state index contributed by atoms with van der Waals surface area (Å²) in [7, 11) is 1.67. The van der Waals surface area contributed by atoms with Crippen molar-refractivity contribution in [1.82, 2.24) is 0 Å². The molecule has 0 aliphatic heterocycles. The molecule has 0 aromatic heterocycles. The normalized spacial score (nSPS) is 27.4. The molecule has 2 rings (SSSR count). The van der Waals surface area contributed by atoms with Crippen molar-refractivity contribution in [1.29, 1.82) is 0 Å². The fourth-order valence-electron chi connectivity index (χ4n) is 2.92. The SMILES string of the molecule is COC[C@@H]1CCCC1(C=O)c1ccc(Cl)c(Cl)c1. The molecule has 0 saturated heterocycles. The zero-order valence-corrected chi connectivity index (χ0v) is 11.8. The lowest BCUT2D eigenvalue weighted by Gasteiger charge is -2.30. The number of rotatable bonds is 4. The molecule has 1 aliphatic carbocycles. The van der Waals surface area contributed by atoms with Gasteiger partial charge in [0.2, 0.25) is 0 Å². The number of carbonyl (C=O) groups excluding carboxylic acids is 1. The Morgan fingerprint density at radius 3 is 2.83 bits per heavy atom. The molecule has 1 fully saturated rings. The summed E-state index contributed by atoms with van der Waals surface area (Å²) in [5, 5.41) is 1.02. The van der Waals surface area contributed by atoms with E-state index in [-0.39, 0.29) is 5.92 Å². The highest BCUT2D eigenvalue weighted by atomic mass is 35.5. The number of aldehydes is 1. The van der Waals surface area contributed by atoms with Crippen LogP contribution < -0.4 is 0 Å². The number of hydrogen-bond donors (Lipinski definition) is 0. The maximum Gasteiger partial charge on any atom is 0.130 e. The first-order valence-corrected chi connectivity index (χ1v) is 6.80. The van der Waals surface area contributed by atoms with Crippen LogP contribution in [0.3, 0.4) is 0 Å². The second-order valence-electron chi connectivity index (χ2n) is 4.83. The second-order valence-corrected chi connectivity index (χ2v) is 5.65. The first-order valence-electron chi connectivity index (χ1n) is 6.05. The Labute approximate surface area is 117 Å². The summed E-state index contributed by atoms with van der Waals surface area (Å²) in [6.45, 7) is 0.596. The molecule has 4 heteroatoms. The summed E-state index contributed by atoms with van der Waals surface area (Å²) in [5.41, 5.74) is 0.482. The van der Waals surface area contributed by atoms with Crippen LogP contribution in [0.15, 0.2) is 18.2 Å². The minimum atomic E-state index is -0.468. The monoisotopic (exact) mass is 286 g/mol. The van der Waals surface area contributed by atoms with Crippen LogP contribution in [0.2, 0.25) is 10.0 Å². The highest BCUT2D eigenvalue weighted by molar-refractivity contribution is 6.42. The molecule has 2 atom stereocenters. The third-order valence-electron chi connectivity index (χ3n) is 3.91. The molecule has 1 aliphatic rings. The Balaban J connectivity index is 2.42. The van der Waals surface area contributed by atoms with Crippen molar-refractivity contribution in [3.8, 4) is 0 Å². The average Bonchev–Trinajstić information content (AvgIpc) is 2.77. The van der Waals surface area contributed by atoms with Gasteiger partial charge in [-0.3, -0.25) is 0 Å². The molecule has 1 unspecified atom stereocenters. The van der Waals surface area contributed by atoms with E-state index < -0.39 is 5.41 Å². The minimum Gasteiger partial charge on any atom is -0.384 e. The van der Waals surface area contributed by atoms with Gasteiger partial charge in [0.15, 0.2) is 0 Å². The van der Waals surface area contributed by atoms with Crippen molar-refractivity contribution in [2.45, 2.75) is 24.7 Å². The van der Waals surface area contributed by atoms with Crippen molar-refractivity contribution in [2.24, 2.45) is 5.92 Å². The van der Waals surface area contributed by atoms with Crippen LogP contribution in [0.5, 0.6) is 0 Å². The Morgan fingerprint density at radius 1 is 1.44 bits per heavy atom. The van der Waals surface area contributed by atoms with Gasteiger partial charge in [0.05, 0.1) is 22.1 Å². The summed E-state index contributed by atoms with van der Waals surface area (Å²) in [4.78, 5) is 11.7. The number of halogens is 2. The van der Waals surface area contributed by atoms with Gasteiger partial charge < -0.3 is 9.53 Å². The Kier molecular flexibility index (Phi) is 4.31. The second kappa shape index (κ2) is 5.60. The maximum atomic E-state index is 11.7. The number of methoxy groups -OCH3 is 1. The topological polar surface area (TPSA) is 26.3 Å². The van der Waals surface area contributed by atoms with Gasteiger partial charge in [0, 0.05) is 7.11 Å². The van der Waals surface area contributed by atoms with Crippen molar-refractivity contribution < 1.29 is 9.53 Å². The average molecular weight is 287 g/mol. The highest BCUT2D eigenvalue weighted by Crippen LogP contribution is 2.45. The van der Waals surface area contributed by atoms with E-state index in [2.05, 4.69) is 0 Å². The van der Waals surface area contributed by atoms with Crippen molar-refractivity contribution in [3.05, 3.63) is 33.8 Å². The molecule has 18 heavy (non-hydrogen) atoms. The van der Waals surface area contributed by atoms with E-state index in [1.807, 2.05) is 12.1 Å². The lowest BCUT2D eigenvalue weighted by molar-refractivity contribution is -0.114. The maximum absolute atomic E-state index is 11.7. The fourth-order valence-corrected chi connectivity index (χ4v) is 3.22. The first-order chi connectivity index (χ1) is 8.64. The van der Waals surface area contributed by atoms with Crippen LogP contribution in [0.25, 0.3) is 0 Å². The number of hydrogen-bond acceptors (Lipinski definition) is 2. The van der Waals surface area contributed by atoms with Crippen molar-refractivity contribution in [3.63, 3.8) is 0 Å². The molecule has 0 bridgehead atoms. The third-order valence-corrected chi connectivity index (χ3v) is 4.65. The molecule has 2 nitrogen and oxygen atoms in total. The van der Waals surface area contributed by atoms with E-state index in [4.69, 9.17) is 27.9 Å². The minimum absolute atomic E-state index is 0.220. The molecule has 1 aromatic rings. The first kappa shape index (κ1) is 13.9. The molecular formula is C14H16Cl2O2. The fraction of sp³-hybridized carbons (Fsp3) is 0.500. The van der Waals surface area contributed by atoms with Gasteiger partial charge in [-0.25, -0.2) is 0 Å². The van der Waals surface area contributed by atoms with Crippen molar-refractivity contribution in [2.75, 3.05) is 13.7 Å². The Hall–Kier alpha value is -0.570. The predicted octanol–water partition coefficient (Wildman–Crippen LogP) is 3.88. The zero-order chi connectivity index (χ0) is 13.2. The van der Waals surface area contributed by atoms with Crippen LogP contribution >= 0.6 is 23.2 Å². The van der Waals surface area contributed by atoms with E-state index in [1.165, 1.54) is 0 Å². The number of benzene rings is 1. The van der Waals surface area contributed by atoms with Gasteiger partial charge in [0.25, 0.3) is 0 Å². The van der Waals surface area contributed by atoms with E-state index >= 15 is 0 Å². The number of carbonyl (C=O) groups is 1. The summed E-state index contributed by atoms with van der Waals surface area (Å²) < 4.78 is 5.24. The summed E-state index contributed by atoms with van der Waals surface area (Å²) >= 11 is 12.0. The van der Waals surface area contributed by atoms with Gasteiger partial charge in [-0.15, -0.1) is 0 Å². The molecule has 98 valence electrons. The van der Waals surface area contributed by atoms with E-state index in [0.29, 0.717) is 16.7 Å². The van der Waals surface area contributed by atoms with Crippen LogP contribution in [0, 0.1) is 5.92 Å². The highest BCUT2D eigenvalue weighted by Gasteiger charge is 2.44. The zero-order valence-electron chi connectivity index (χ0n) is 10.3. The van der Waals surface area contributed by atoms with Gasteiger partial charge in [0.1, 0.15) is 6.29 Å². The summed E-state index contributed by atoms with van der Waals surface area (Å²) in [6.07, 6.45) is 3.95. The largest absolute Gasteiger partial charge is 0.384 e. The van der Waals surface area contributed by atoms with Gasteiger partial charge in [-0.1, -0.05) is 35.7 Å². The van der Waals surface area contributed by atoms with Crippen LogP contribution in [-0.2, 0) is 14.9 Å². The quantitative estimate of drug-likeness (QED) is 0.786. The van der Waals surface area contributed by atoms with Gasteiger partial charge in [-0.05, 0) is 36.5 Å². The van der Waals surface area contributed by atoms with E-state index in [9.17, 15) is 4.79 Å². The lowest BCUT2D eigenvalue weighted by Crippen LogP contribution is -2.34. The molecular weight excluding hydrogens is 271 g/mol. The summed E-state index contributed by atoms with van der Waals surface area (Å²) in [5.74, 6) is 0.220. The van der Waals surface area contributed by atoms with E-state index in [0.717, 1.165) is 31.1 Å². The molecule has 0 amide bonds.